The zero-order valence-electron chi connectivity index (χ0n) is 31.6. The van der Waals surface area contributed by atoms with Gasteiger partial charge in [0.15, 0.2) is 0 Å². The van der Waals surface area contributed by atoms with Crippen LogP contribution in [0.15, 0.2) is 12.1 Å². The van der Waals surface area contributed by atoms with Crippen molar-refractivity contribution >= 4 is 35.3 Å². The van der Waals surface area contributed by atoms with E-state index in [0.29, 0.717) is 20.2 Å². The molecule has 0 unspecified atom stereocenters. The predicted octanol–water partition coefficient (Wildman–Crippen LogP) is 12.7. The van der Waals surface area contributed by atoms with Gasteiger partial charge in [0, 0.05) is 12.4 Å². The summed E-state index contributed by atoms with van der Waals surface area (Å²) in [5, 5.41) is 3.00. The molecule has 0 aliphatic rings. The van der Waals surface area contributed by atoms with Gasteiger partial charge in [0.1, 0.15) is 0 Å². The quantitative estimate of drug-likeness (QED) is 0.233. The Hall–Kier alpha value is 0.171. The second kappa shape index (κ2) is 11.0. The second-order valence-electron chi connectivity index (χ2n) is 20.4. The molecule has 0 radical (unpaired) electrons. The smallest absolute Gasteiger partial charge is 0.0745 e. The van der Waals surface area contributed by atoms with Gasteiger partial charge in [-0.3, -0.25) is 0 Å². The Bertz CT molecular complexity index is 987. The van der Waals surface area contributed by atoms with Gasteiger partial charge in [-0.1, -0.05) is 171 Å². The lowest BCUT2D eigenvalue weighted by Gasteiger charge is -2.60. The largest absolute Gasteiger partial charge is 0.107 e. The highest BCUT2D eigenvalue weighted by molar-refractivity contribution is 7.87. The lowest BCUT2D eigenvalue weighted by Crippen LogP contribution is -2.71. The fourth-order valence-corrected chi connectivity index (χ4v) is 71.8. The van der Waals surface area contributed by atoms with Crippen molar-refractivity contribution in [1.82, 2.24) is 0 Å². The van der Waals surface area contributed by atoms with Crippen LogP contribution in [0.1, 0.15) is 162 Å². The van der Waals surface area contributed by atoms with Crippen LogP contribution in [0, 0.1) is 0 Å². The van der Waals surface area contributed by atoms with Gasteiger partial charge in [-0.15, -0.1) is 7.72 Å². The van der Waals surface area contributed by atoms with E-state index in [9.17, 15) is 0 Å². The summed E-state index contributed by atoms with van der Waals surface area (Å²) in [7, 11) is -2.92. The second-order valence-corrected chi connectivity index (χ2v) is 47.3. The predicted molar refractivity (Wildman–Crippen MR) is 197 cm³/mol. The van der Waals surface area contributed by atoms with Crippen LogP contribution in [0.3, 0.4) is 0 Å². The minimum absolute atomic E-state index is 0.0966. The van der Waals surface area contributed by atoms with Crippen molar-refractivity contribution in [3.05, 3.63) is 28.8 Å². The lowest BCUT2D eigenvalue weighted by atomic mass is 9.75. The molecule has 0 saturated carbocycles. The molecular weight excluding hydrogens is 548 g/mol. The first-order valence-electron chi connectivity index (χ1n) is 15.9. The maximum atomic E-state index is 2.86. The lowest BCUT2D eigenvalue weighted by molar-refractivity contribution is 0.554. The van der Waals surface area contributed by atoms with Gasteiger partial charge in [0.2, 0.25) is 0 Å². The molecule has 0 N–H and O–H groups in total. The SMILES string of the molecule is CC(C)(C)c1cc(C(C)(C)C)c(P=[Si]([Si](C)(C(C)(C)C)C(C)(C)C)[Si](C)(C(C)(C)C)C(C)(C)C)c(C(C)(C)C)c1. The fraction of sp³-hybridized carbons (Fsp3) is 0.833. The summed E-state index contributed by atoms with van der Waals surface area (Å²) < 4.78 is 0. The van der Waals surface area contributed by atoms with Gasteiger partial charge >= 0.3 is 0 Å². The average Bonchev–Trinajstić information content (AvgIpc) is 2.64. The zero-order chi connectivity index (χ0) is 32.5. The number of rotatable bonds is 3. The van der Waals surface area contributed by atoms with E-state index < -0.39 is 22.3 Å². The van der Waals surface area contributed by atoms with Gasteiger partial charge in [0.25, 0.3) is 0 Å². The third-order valence-electron chi connectivity index (χ3n) is 10.8. The van der Waals surface area contributed by atoms with Gasteiger partial charge in [-0.05, 0) is 53.1 Å². The normalized spacial score (nSPS) is 15.6. The Kier molecular flexibility index (Phi) is 10.5. The zero-order valence-corrected chi connectivity index (χ0v) is 35.5. The van der Waals surface area contributed by atoms with Crippen LogP contribution in [0.25, 0.3) is 0 Å². The molecule has 0 nitrogen and oxygen atoms in total. The average molecular weight is 619 g/mol. The highest BCUT2D eigenvalue weighted by Gasteiger charge is 2.62. The summed E-state index contributed by atoms with van der Waals surface area (Å²) in [5.41, 5.74) is 5.02. The Labute approximate surface area is 258 Å². The first kappa shape index (κ1) is 38.2. The first-order chi connectivity index (χ1) is 17.1. The molecule has 0 saturated heterocycles. The van der Waals surface area contributed by atoms with Gasteiger partial charge in [-0.2, -0.15) is 0 Å². The van der Waals surface area contributed by atoms with Gasteiger partial charge in [0.05, 0.1) is 15.2 Å². The van der Waals surface area contributed by atoms with Crippen LogP contribution in [0.4, 0.5) is 0 Å². The standard InChI is InChI=1S/C36H71PSi3/c1-30(2,3)26-24-27(31(4,5)6)29(28(25-26)32(7,8)9)37-38(39(22,33(10,11)12)34(13,14)15)40(23,35(16,17)18)36(19,20)21/h24-25H,1-23H3. The fourth-order valence-electron chi connectivity index (χ4n) is 6.84. The molecule has 0 spiro atoms. The van der Waals surface area contributed by atoms with Crippen LogP contribution in [-0.2, 0) is 16.2 Å². The van der Waals surface area contributed by atoms with Crippen molar-refractivity contribution in [1.29, 1.82) is 0 Å². The van der Waals surface area contributed by atoms with Crippen LogP contribution >= 0.6 is 7.72 Å². The third kappa shape index (κ3) is 7.10. The number of benzene rings is 1. The van der Waals surface area contributed by atoms with E-state index in [1.165, 1.54) is 5.56 Å². The summed E-state index contributed by atoms with van der Waals surface area (Å²) in [6, 6.07) is 5.24. The summed E-state index contributed by atoms with van der Waals surface area (Å²) >= 11 is 0. The Morgan fingerprint density at radius 2 is 0.700 bits per heavy atom. The highest BCUT2D eigenvalue weighted by atomic mass is 31.2. The third-order valence-corrected chi connectivity index (χ3v) is 60.7. The van der Waals surface area contributed by atoms with Crippen molar-refractivity contribution < 1.29 is 0 Å². The molecule has 0 aliphatic heterocycles. The van der Waals surface area contributed by atoms with Gasteiger partial charge < -0.3 is 0 Å². The van der Waals surface area contributed by atoms with Gasteiger partial charge in [-0.25, -0.2) is 0 Å². The molecule has 1 aromatic rings. The maximum absolute atomic E-state index is 2.86. The molecule has 0 heterocycles. The van der Waals surface area contributed by atoms with E-state index in [1.807, 2.05) is 0 Å². The van der Waals surface area contributed by atoms with E-state index in [-0.39, 0.29) is 16.2 Å². The minimum Gasteiger partial charge on any atom is -0.107 e. The van der Waals surface area contributed by atoms with E-state index in [0.717, 1.165) is 0 Å². The molecule has 232 valence electrons. The van der Waals surface area contributed by atoms with Crippen LogP contribution < -0.4 is 5.30 Å². The molecule has 40 heavy (non-hydrogen) atoms. The maximum Gasteiger partial charge on any atom is 0.0745 e. The highest BCUT2D eigenvalue weighted by Crippen LogP contribution is 2.60. The Morgan fingerprint density at radius 1 is 0.450 bits per heavy atom. The van der Waals surface area contributed by atoms with Crippen molar-refractivity contribution in [2.24, 2.45) is 0 Å². The van der Waals surface area contributed by atoms with Crippen LogP contribution in [0.5, 0.6) is 0 Å². The van der Waals surface area contributed by atoms with Crippen molar-refractivity contribution in [2.45, 2.75) is 195 Å². The Balaban J connectivity index is 4.86. The minimum atomic E-state index is -1.88. The topological polar surface area (TPSA) is 0 Å². The summed E-state index contributed by atoms with van der Waals surface area (Å²) in [6.07, 6.45) is 0. The van der Waals surface area contributed by atoms with Crippen molar-refractivity contribution in [3.63, 3.8) is 0 Å². The molecule has 0 aliphatic carbocycles. The van der Waals surface area contributed by atoms with E-state index in [1.54, 1.807) is 24.1 Å². The molecular formula is C36H71PSi3. The molecule has 0 aromatic heterocycles. The monoisotopic (exact) mass is 618 g/mol. The Morgan fingerprint density at radius 3 is 0.875 bits per heavy atom. The summed E-state index contributed by atoms with van der Waals surface area (Å²) in [4.78, 5) is 0. The first-order valence-corrected chi connectivity index (χ1v) is 26.1. The molecule has 1 rings (SSSR count). The molecule has 0 fully saturated rings. The summed E-state index contributed by atoms with van der Waals surface area (Å²) in [5.74, 6) is 0. The molecule has 1 aromatic carbocycles. The van der Waals surface area contributed by atoms with E-state index >= 15 is 0 Å². The van der Waals surface area contributed by atoms with E-state index in [2.05, 4.69) is 171 Å². The van der Waals surface area contributed by atoms with E-state index in [4.69, 9.17) is 0 Å². The van der Waals surface area contributed by atoms with Crippen molar-refractivity contribution in [3.8, 4) is 0 Å². The summed E-state index contributed by atoms with van der Waals surface area (Å²) in [6.45, 7) is 59.0. The number of hydrogen-bond donors (Lipinski definition) is 0. The molecule has 0 bridgehead atoms. The van der Waals surface area contributed by atoms with Crippen molar-refractivity contribution in [2.75, 3.05) is 0 Å². The molecule has 4 heteroatoms. The number of hydrogen-bond acceptors (Lipinski definition) is 0. The molecule has 0 atom stereocenters. The molecule has 0 amide bonds. The van der Waals surface area contributed by atoms with Crippen LogP contribution in [0.2, 0.25) is 33.2 Å². The van der Waals surface area contributed by atoms with Crippen LogP contribution in [-0.4, -0.2) is 22.3 Å².